The number of amides is 1. The fourth-order valence-corrected chi connectivity index (χ4v) is 1.97. The molecule has 0 bridgehead atoms. The van der Waals surface area contributed by atoms with Crippen LogP contribution in [0.5, 0.6) is 11.5 Å². The van der Waals surface area contributed by atoms with E-state index in [0.29, 0.717) is 28.6 Å². The lowest BCUT2D eigenvalue weighted by Crippen LogP contribution is -2.24. The number of imidazole rings is 1. The molecule has 0 aliphatic rings. The quantitative estimate of drug-likeness (QED) is 0.566. The van der Waals surface area contributed by atoms with E-state index in [0.717, 1.165) is 0 Å². The average molecular weight is 303 g/mol. The molecule has 1 amide bonds. The zero-order chi connectivity index (χ0) is 16.3. The second-order valence-corrected chi connectivity index (χ2v) is 4.47. The van der Waals surface area contributed by atoms with E-state index in [1.807, 2.05) is 0 Å². The van der Waals surface area contributed by atoms with Crippen LogP contribution in [0.4, 0.5) is 0 Å². The van der Waals surface area contributed by atoms with Crippen LogP contribution in [-0.4, -0.2) is 36.1 Å². The molecule has 0 atom stereocenters. The zero-order valence-electron chi connectivity index (χ0n) is 12.5. The van der Waals surface area contributed by atoms with Crippen molar-refractivity contribution in [3.05, 3.63) is 29.6 Å². The third-order valence-corrected chi connectivity index (χ3v) is 2.98. The minimum absolute atomic E-state index is 0.147. The molecule has 0 saturated heterocycles. The van der Waals surface area contributed by atoms with Gasteiger partial charge in [-0.3, -0.25) is 4.79 Å². The summed E-state index contributed by atoms with van der Waals surface area (Å²) in [5.74, 6) is 0.773. The van der Waals surface area contributed by atoms with E-state index in [4.69, 9.17) is 20.9 Å². The van der Waals surface area contributed by atoms with Crippen LogP contribution in [0.15, 0.2) is 23.2 Å². The Balaban J connectivity index is 2.51. The summed E-state index contributed by atoms with van der Waals surface area (Å²) in [6, 6.07) is 5.28. The lowest BCUT2D eigenvalue weighted by atomic mass is 10.2. The number of methoxy groups -OCH3 is 2. The van der Waals surface area contributed by atoms with Gasteiger partial charge in [0.1, 0.15) is 17.3 Å². The van der Waals surface area contributed by atoms with Crippen molar-refractivity contribution in [3.8, 4) is 22.9 Å². The SMILES string of the molecule is COc1ccc(OC)c(-c2nc(C(=O)N=C(N)N)c(C)[nH]2)c1. The van der Waals surface area contributed by atoms with E-state index < -0.39 is 5.91 Å². The van der Waals surface area contributed by atoms with Crippen molar-refractivity contribution in [1.29, 1.82) is 0 Å². The van der Waals surface area contributed by atoms with Crippen molar-refractivity contribution >= 4 is 11.9 Å². The van der Waals surface area contributed by atoms with E-state index >= 15 is 0 Å². The Morgan fingerprint density at radius 2 is 2.00 bits per heavy atom. The largest absolute Gasteiger partial charge is 0.497 e. The summed E-state index contributed by atoms with van der Waals surface area (Å²) in [6.07, 6.45) is 0. The highest BCUT2D eigenvalue weighted by Crippen LogP contribution is 2.32. The highest BCUT2D eigenvalue weighted by Gasteiger charge is 2.18. The summed E-state index contributed by atoms with van der Waals surface area (Å²) >= 11 is 0. The second kappa shape index (κ2) is 6.17. The minimum atomic E-state index is -0.609. The number of guanidine groups is 1. The van der Waals surface area contributed by atoms with Crippen molar-refractivity contribution in [2.75, 3.05) is 14.2 Å². The number of rotatable bonds is 4. The first kappa shape index (κ1) is 15.4. The number of aryl methyl sites for hydroxylation is 1. The van der Waals surface area contributed by atoms with E-state index in [-0.39, 0.29) is 11.7 Å². The smallest absolute Gasteiger partial charge is 0.300 e. The summed E-state index contributed by atoms with van der Waals surface area (Å²) < 4.78 is 10.5. The van der Waals surface area contributed by atoms with Gasteiger partial charge in [0.25, 0.3) is 0 Å². The number of benzene rings is 1. The number of nitrogens with one attached hydrogen (secondary N) is 1. The molecule has 0 saturated carbocycles. The maximum atomic E-state index is 11.9. The van der Waals surface area contributed by atoms with Crippen LogP contribution in [0.2, 0.25) is 0 Å². The maximum absolute atomic E-state index is 11.9. The molecular weight excluding hydrogens is 286 g/mol. The molecule has 0 spiro atoms. The van der Waals surface area contributed by atoms with Gasteiger partial charge in [0.15, 0.2) is 11.7 Å². The third kappa shape index (κ3) is 3.00. The predicted octanol–water partition coefficient (Wildman–Crippen LogP) is 0.816. The van der Waals surface area contributed by atoms with Crippen molar-refractivity contribution in [2.24, 2.45) is 16.5 Å². The molecule has 8 heteroatoms. The van der Waals surface area contributed by atoms with Crippen LogP contribution >= 0.6 is 0 Å². The summed E-state index contributed by atoms with van der Waals surface area (Å²) in [7, 11) is 3.11. The second-order valence-electron chi connectivity index (χ2n) is 4.47. The molecule has 5 N–H and O–H groups in total. The molecule has 1 aromatic carbocycles. The molecule has 116 valence electrons. The minimum Gasteiger partial charge on any atom is -0.497 e. The maximum Gasteiger partial charge on any atom is 0.300 e. The number of ether oxygens (including phenoxy) is 2. The molecule has 0 radical (unpaired) electrons. The number of hydrogen-bond donors (Lipinski definition) is 3. The number of aromatic amines is 1. The Bertz CT molecular complexity index is 732. The molecule has 2 rings (SSSR count). The number of H-pyrrole nitrogens is 1. The molecule has 8 nitrogen and oxygen atoms in total. The van der Waals surface area contributed by atoms with Crippen LogP contribution in [0.3, 0.4) is 0 Å². The standard InChI is InChI=1S/C14H17N5O3/c1-7-11(13(20)19-14(15)16)18-12(17-7)9-6-8(21-2)4-5-10(9)22-3/h4-6H,1-3H3,(H,17,18)(H4,15,16,19,20). The summed E-state index contributed by atoms with van der Waals surface area (Å²) in [5, 5.41) is 0. The molecule has 1 heterocycles. The predicted molar refractivity (Wildman–Crippen MR) is 82.0 cm³/mol. The van der Waals surface area contributed by atoms with Crippen LogP contribution in [0.25, 0.3) is 11.4 Å². The lowest BCUT2D eigenvalue weighted by molar-refractivity contribution is 0.0998. The highest BCUT2D eigenvalue weighted by molar-refractivity contribution is 6.01. The van der Waals surface area contributed by atoms with Gasteiger partial charge in [-0.25, -0.2) is 4.98 Å². The van der Waals surface area contributed by atoms with Gasteiger partial charge in [0.05, 0.1) is 19.8 Å². The Morgan fingerprint density at radius 3 is 2.59 bits per heavy atom. The monoisotopic (exact) mass is 303 g/mol. The third-order valence-electron chi connectivity index (χ3n) is 2.98. The summed E-state index contributed by atoms with van der Waals surface area (Å²) in [6.45, 7) is 1.71. The van der Waals surface area contributed by atoms with E-state index in [9.17, 15) is 4.79 Å². The Kier molecular flexibility index (Phi) is 4.31. The van der Waals surface area contributed by atoms with Crippen LogP contribution < -0.4 is 20.9 Å². The zero-order valence-corrected chi connectivity index (χ0v) is 12.5. The first-order valence-corrected chi connectivity index (χ1v) is 6.39. The molecule has 0 unspecified atom stereocenters. The Hall–Kier alpha value is -3.03. The van der Waals surface area contributed by atoms with Gasteiger partial charge in [-0.15, -0.1) is 0 Å². The van der Waals surface area contributed by atoms with Crippen molar-refractivity contribution in [1.82, 2.24) is 9.97 Å². The van der Waals surface area contributed by atoms with Crippen LogP contribution in [0, 0.1) is 6.92 Å². The average Bonchev–Trinajstić information content (AvgIpc) is 2.87. The molecule has 0 fully saturated rings. The number of aromatic nitrogens is 2. The first-order chi connectivity index (χ1) is 10.5. The Labute approximate surface area is 127 Å². The van der Waals surface area contributed by atoms with Gasteiger partial charge in [-0.05, 0) is 25.1 Å². The fraction of sp³-hybridized carbons (Fsp3) is 0.214. The number of aliphatic imine (C=N–C) groups is 1. The van der Waals surface area contributed by atoms with Crippen molar-refractivity contribution in [2.45, 2.75) is 6.92 Å². The first-order valence-electron chi connectivity index (χ1n) is 6.39. The van der Waals surface area contributed by atoms with Crippen molar-refractivity contribution < 1.29 is 14.3 Å². The highest BCUT2D eigenvalue weighted by atomic mass is 16.5. The fourth-order valence-electron chi connectivity index (χ4n) is 1.97. The molecular formula is C14H17N5O3. The number of nitrogens with zero attached hydrogens (tertiary/aromatic N) is 2. The van der Waals surface area contributed by atoms with Crippen LogP contribution in [-0.2, 0) is 0 Å². The Morgan fingerprint density at radius 1 is 1.27 bits per heavy atom. The number of carbonyl (C=O) groups is 1. The van der Waals surface area contributed by atoms with E-state index in [1.165, 1.54) is 0 Å². The number of hydrogen-bond acceptors (Lipinski definition) is 4. The van der Waals surface area contributed by atoms with Gasteiger partial charge in [-0.2, -0.15) is 4.99 Å². The molecule has 1 aromatic heterocycles. The number of carbonyl (C=O) groups excluding carboxylic acids is 1. The topological polar surface area (TPSA) is 129 Å². The van der Waals surface area contributed by atoms with E-state index in [1.54, 1.807) is 39.3 Å². The number of nitrogens with two attached hydrogens (primary N) is 2. The van der Waals surface area contributed by atoms with Gasteiger partial charge in [0, 0.05) is 5.69 Å². The molecule has 2 aromatic rings. The van der Waals surface area contributed by atoms with Gasteiger partial charge in [-0.1, -0.05) is 0 Å². The lowest BCUT2D eigenvalue weighted by Gasteiger charge is -2.08. The van der Waals surface area contributed by atoms with Gasteiger partial charge < -0.3 is 25.9 Å². The molecule has 22 heavy (non-hydrogen) atoms. The normalized spacial score (nSPS) is 10.1. The van der Waals surface area contributed by atoms with Crippen LogP contribution in [0.1, 0.15) is 16.2 Å². The summed E-state index contributed by atoms with van der Waals surface area (Å²) in [5.41, 5.74) is 11.8. The molecule has 0 aliphatic carbocycles. The van der Waals surface area contributed by atoms with Gasteiger partial charge in [0.2, 0.25) is 0 Å². The summed E-state index contributed by atoms with van der Waals surface area (Å²) in [4.78, 5) is 22.7. The molecule has 0 aliphatic heterocycles. The van der Waals surface area contributed by atoms with Gasteiger partial charge >= 0.3 is 5.91 Å². The van der Waals surface area contributed by atoms with Crippen molar-refractivity contribution in [3.63, 3.8) is 0 Å². The van der Waals surface area contributed by atoms with E-state index in [2.05, 4.69) is 15.0 Å².